The van der Waals surface area contributed by atoms with Crippen molar-refractivity contribution in [2.45, 2.75) is 26.2 Å². The molecule has 0 N–H and O–H groups in total. The van der Waals surface area contributed by atoms with Crippen LogP contribution in [0.5, 0.6) is 0 Å². The lowest BCUT2D eigenvalue weighted by Gasteiger charge is -2.16. The Hall–Kier alpha value is -1.35. The summed E-state index contributed by atoms with van der Waals surface area (Å²) < 4.78 is 77.0. The van der Waals surface area contributed by atoms with Crippen LogP contribution in [0.4, 0.5) is 26.3 Å². The van der Waals surface area contributed by atoms with Gasteiger partial charge in [-0.25, -0.2) is 0 Å². The molecule has 0 aliphatic carbocycles. The summed E-state index contributed by atoms with van der Waals surface area (Å²) in [5.41, 5.74) is -1.81. The normalized spacial score (nSPS) is 12.4. The van der Waals surface area contributed by atoms with Gasteiger partial charge in [0, 0.05) is 20.1 Å². The molecule has 0 aliphatic rings. The van der Waals surface area contributed by atoms with Crippen LogP contribution in [0.3, 0.4) is 0 Å². The number of carbonyl (C=O) groups excluding carboxylic acids is 1. The fraction of sp³-hybridized carbons (Fsp3) is 0.235. The lowest BCUT2D eigenvalue weighted by Crippen LogP contribution is -2.13. The second-order valence-electron chi connectivity index (χ2n) is 5.52. The first kappa shape index (κ1) is 21.0. The molecule has 0 radical (unpaired) electrons. The van der Waals surface area contributed by atoms with Crippen molar-refractivity contribution in [2.24, 2.45) is 0 Å². The highest BCUT2D eigenvalue weighted by atomic mass is 79.9. The smallest absolute Gasteiger partial charge is 0.289 e. The molecule has 0 aliphatic heterocycles. The lowest BCUT2D eigenvalue weighted by atomic mass is 9.93. The minimum Gasteiger partial charge on any atom is -0.289 e. The number of hydrogen-bond donors (Lipinski definition) is 0. The highest BCUT2D eigenvalue weighted by molar-refractivity contribution is 9.10. The standard InChI is InChI=1S/C17H10Br2F6O/c1-7-9(3-5-11(13(7)18)16(20,21)22)15(26)10-4-6-12(17(23,24)25)14(19)8(10)2/h3-6H,1-2H3. The van der Waals surface area contributed by atoms with E-state index in [0.717, 1.165) is 24.3 Å². The summed E-state index contributed by atoms with van der Waals surface area (Å²) in [6, 6.07) is 3.57. The molecular formula is C17H10Br2F6O. The van der Waals surface area contributed by atoms with E-state index in [-0.39, 0.29) is 31.2 Å². The Kier molecular flexibility index (Phi) is 5.64. The van der Waals surface area contributed by atoms with Gasteiger partial charge in [0.1, 0.15) is 0 Å². The number of halogens is 8. The molecule has 26 heavy (non-hydrogen) atoms. The van der Waals surface area contributed by atoms with Crippen molar-refractivity contribution >= 4 is 37.6 Å². The predicted octanol–water partition coefficient (Wildman–Crippen LogP) is 7.10. The first-order valence-corrected chi connectivity index (χ1v) is 8.62. The molecule has 0 saturated heterocycles. The molecule has 0 saturated carbocycles. The number of rotatable bonds is 2. The molecule has 140 valence electrons. The molecule has 1 nitrogen and oxygen atoms in total. The minimum absolute atomic E-state index is 0.0281. The zero-order valence-corrected chi connectivity index (χ0v) is 16.4. The number of alkyl halides is 6. The summed E-state index contributed by atoms with van der Waals surface area (Å²) in [5, 5.41) is 0. The Labute approximate surface area is 161 Å². The van der Waals surface area contributed by atoms with Crippen molar-refractivity contribution in [2.75, 3.05) is 0 Å². The van der Waals surface area contributed by atoms with Crippen LogP contribution >= 0.6 is 31.9 Å². The van der Waals surface area contributed by atoms with Crippen LogP contribution in [-0.2, 0) is 12.4 Å². The maximum atomic E-state index is 12.9. The van der Waals surface area contributed by atoms with Gasteiger partial charge in [-0.1, -0.05) is 12.1 Å². The molecule has 0 unspecified atom stereocenters. The van der Waals surface area contributed by atoms with Crippen LogP contribution in [0.15, 0.2) is 33.2 Å². The van der Waals surface area contributed by atoms with Gasteiger partial charge in [0.15, 0.2) is 5.78 Å². The summed E-state index contributed by atoms with van der Waals surface area (Å²) >= 11 is 5.70. The minimum atomic E-state index is -4.60. The summed E-state index contributed by atoms with van der Waals surface area (Å²) in [4.78, 5) is 12.7. The van der Waals surface area contributed by atoms with Gasteiger partial charge in [-0.2, -0.15) is 26.3 Å². The van der Waals surface area contributed by atoms with Crippen molar-refractivity contribution in [3.8, 4) is 0 Å². The second kappa shape index (κ2) is 6.99. The van der Waals surface area contributed by atoms with E-state index in [4.69, 9.17) is 0 Å². The van der Waals surface area contributed by atoms with E-state index < -0.39 is 29.3 Å². The maximum Gasteiger partial charge on any atom is 0.417 e. The first-order valence-electron chi connectivity index (χ1n) is 7.04. The molecule has 2 aromatic carbocycles. The van der Waals surface area contributed by atoms with E-state index in [1.165, 1.54) is 13.8 Å². The van der Waals surface area contributed by atoms with Gasteiger partial charge in [0.05, 0.1) is 11.1 Å². The van der Waals surface area contributed by atoms with Crippen molar-refractivity contribution < 1.29 is 31.1 Å². The summed E-state index contributed by atoms with van der Waals surface area (Å²) in [6.07, 6.45) is -9.20. The van der Waals surface area contributed by atoms with Gasteiger partial charge in [0.2, 0.25) is 0 Å². The molecule has 0 aromatic heterocycles. The van der Waals surface area contributed by atoms with Crippen LogP contribution in [0.2, 0.25) is 0 Å². The number of carbonyl (C=O) groups is 1. The van der Waals surface area contributed by atoms with Crippen LogP contribution in [0, 0.1) is 13.8 Å². The average molecular weight is 504 g/mol. The number of hydrogen-bond acceptors (Lipinski definition) is 1. The van der Waals surface area contributed by atoms with Gasteiger partial charge in [-0.3, -0.25) is 4.79 Å². The van der Waals surface area contributed by atoms with E-state index >= 15 is 0 Å². The highest BCUT2D eigenvalue weighted by Crippen LogP contribution is 2.40. The van der Waals surface area contributed by atoms with E-state index in [1.807, 2.05) is 0 Å². The summed E-state index contributed by atoms with van der Waals surface area (Å²) in [5.74, 6) is -0.663. The molecule has 0 heterocycles. The Morgan fingerprint density at radius 1 is 0.731 bits per heavy atom. The fourth-order valence-electron chi connectivity index (χ4n) is 2.45. The second-order valence-corrected chi connectivity index (χ2v) is 7.11. The van der Waals surface area contributed by atoms with E-state index in [2.05, 4.69) is 31.9 Å². The zero-order valence-electron chi connectivity index (χ0n) is 13.2. The third-order valence-electron chi connectivity index (χ3n) is 3.87. The average Bonchev–Trinajstić information content (AvgIpc) is 2.49. The zero-order chi connectivity index (χ0) is 20.0. The highest BCUT2D eigenvalue weighted by Gasteiger charge is 2.36. The Morgan fingerprint density at radius 3 is 1.31 bits per heavy atom. The Balaban J connectivity index is 2.58. The van der Waals surface area contributed by atoms with Gasteiger partial charge < -0.3 is 0 Å². The van der Waals surface area contributed by atoms with Gasteiger partial charge in [0.25, 0.3) is 0 Å². The van der Waals surface area contributed by atoms with Gasteiger partial charge in [-0.15, -0.1) is 0 Å². The Morgan fingerprint density at radius 2 is 1.04 bits per heavy atom. The van der Waals surface area contributed by atoms with Crippen LogP contribution in [0.25, 0.3) is 0 Å². The van der Waals surface area contributed by atoms with Gasteiger partial charge >= 0.3 is 12.4 Å². The molecule has 2 aromatic rings. The summed E-state index contributed by atoms with van der Waals surface area (Å²) in [6.45, 7) is 2.67. The van der Waals surface area contributed by atoms with Gasteiger partial charge in [-0.05, 0) is 69.0 Å². The van der Waals surface area contributed by atoms with E-state index in [1.54, 1.807) is 0 Å². The summed E-state index contributed by atoms with van der Waals surface area (Å²) in [7, 11) is 0. The van der Waals surface area contributed by atoms with Crippen molar-refractivity contribution in [1.29, 1.82) is 0 Å². The molecular weight excluding hydrogens is 494 g/mol. The van der Waals surface area contributed by atoms with Crippen molar-refractivity contribution in [3.05, 3.63) is 66.6 Å². The SMILES string of the molecule is Cc1c(C(=O)c2ccc(C(F)(F)F)c(Br)c2C)ccc(C(F)(F)F)c1Br. The monoisotopic (exact) mass is 502 g/mol. The third-order valence-corrected chi connectivity index (χ3v) is 5.92. The largest absolute Gasteiger partial charge is 0.417 e. The van der Waals surface area contributed by atoms with E-state index in [0.29, 0.717) is 0 Å². The first-order chi connectivity index (χ1) is 11.8. The van der Waals surface area contributed by atoms with Crippen LogP contribution in [0.1, 0.15) is 38.2 Å². The number of ketones is 1. The quantitative estimate of drug-likeness (QED) is 0.315. The third kappa shape index (κ3) is 3.83. The molecule has 9 heteroatoms. The number of benzene rings is 2. The predicted molar refractivity (Wildman–Crippen MR) is 91.2 cm³/mol. The van der Waals surface area contributed by atoms with Crippen LogP contribution in [-0.4, -0.2) is 5.78 Å². The molecule has 2 rings (SSSR count). The van der Waals surface area contributed by atoms with Crippen molar-refractivity contribution in [3.63, 3.8) is 0 Å². The molecule has 0 atom stereocenters. The van der Waals surface area contributed by atoms with Crippen molar-refractivity contribution in [1.82, 2.24) is 0 Å². The fourth-order valence-corrected chi connectivity index (χ4v) is 3.59. The molecule has 0 bridgehead atoms. The molecule has 0 spiro atoms. The maximum absolute atomic E-state index is 12.9. The topological polar surface area (TPSA) is 17.1 Å². The lowest BCUT2D eigenvalue weighted by molar-refractivity contribution is -0.139. The Bertz CT molecular complexity index is 813. The van der Waals surface area contributed by atoms with Crippen LogP contribution < -0.4 is 0 Å². The van der Waals surface area contributed by atoms with E-state index in [9.17, 15) is 31.1 Å². The molecule has 0 fully saturated rings. The molecule has 0 amide bonds.